The van der Waals surface area contributed by atoms with Crippen molar-refractivity contribution in [2.45, 2.75) is 25.4 Å². The maximum Gasteiger partial charge on any atom is 0.265 e. The van der Waals surface area contributed by atoms with E-state index in [1.54, 1.807) is 0 Å². The second kappa shape index (κ2) is 6.27. The molecule has 0 radical (unpaired) electrons. The number of rotatable bonds is 6. The number of hydrogen-bond donors (Lipinski definition) is 2. The molecule has 1 aliphatic heterocycles. The minimum absolute atomic E-state index is 0.0223. The zero-order valence-electron chi connectivity index (χ0n) is 8.25. The summed E-state index contributed by atoms with van der Waals surface area (Å²) < 4.78 is 23.7. The quantitative estimate of drug-likeness (QED) is 0.616. The van der Waals surface area contributed by atoms with E-state index in [1.807, 2.05) is 0 Å². The minimum atomic E-state index is -2.64. The first kappa shape index (κ1) is 11.8. The monoisotopic (exact) mass is 208 g/mol. The van der Waals surface area contributed by atoms with Crippen molar-refractivity contribution in [3.05, 3.63) is 0 Å². The second-order valence-electron chi connectivity index (χ2n) is 3.65. The topological polar surface area (TPSA) is 35.5 Å². The predicted molar refractivity (Wildman–Crippen MR) is 50.6 cm³/mol. The van der Waals surface area contributed by atoms with Gasteiger partial charge in [-0.15, -0.1) is 0 Å². The number of nitrogens with one attached hydrogen (secondary N) is 1. The summed E-state index contributed by atoms with van der Waals surface area (Å²) >= 11 is 0. The van der Waals surface area contributed by atoms with Crippen LogP contribution in [-0.4, -0.2) is 55.3 Å². The van der Waals surface area contributed by atoms with Gasteiger partial charge in [0.2, 0.25) is 0 Å². The van der Waals surface area contributed by atoms with E-state index in [0.29, 0.717) is 6.54 Å². The van der Waals surface area contributed by atoms with Gasteiger partial charge in [-0.25, -0.2) is 8.78 Å². The lowest BCUT2D eigenvalue weighted by atomic mass is 10.3. The molecule has 3 nitrogen and oxygen atoms in total. The Hall–Kier alpha value is -0.260. The van der Waals surface area contributed by atoms with Crippen LogP contribution in [0.1, 0.15) is 12.8 Å². The summed E-state index contributed by atoms with van der Waals surface area (Å²) in [6.07, 6.45) is -1.71. The van der Waals surface area contributed by atoms with Gasteiger partial charge < -0.3 is 15.3 Å². The fourth-order valence-electron chi connectivity index (χ4n) is 1.58. The van der Waals surface area contributed by atoms with Crippen LogP contribution in [0.5, 0.6) is 0 Å². The average Bonchev–Trinajstić information content (AvgIpc) is 2.64. The van der Waals surface area contributed by atoms with Crippen LogP contribution in [0, 0.1) is 0 Å². The first-order valence-corrected chi connectivity index (χ1v) is 5.09. The van der Waals surface area contributed by atoms with Gasteiger partial charge in [0, 0.05) is 19.6 Å². The van der Waals surface area contributed by atoms with E-state index < -0.39 is 12.5 Å². The summed E-state index contributed by atoms with van der Waals surface area (Å²) in [4.78, 5) is 2.29. The smallest absolute Gasteiger partial charge is 0.265 e. The maximum absolute atomic E-state index is 11.9. The molecule has 0 aromatic rings. The van der Waals surface area contributed by atoms with E-state index in [2.05, 4.69) is 10.2 Å². The van der Waals surface area contributed by atoms with Crippen LogP contribution < -0.4 is 5.32 Å². The van der Waals surface area contributed by atoms with Crippen LogP contribution in [-0.2, 0) is 0 Å². The highest BCUT2D eigenvalue weighted by Gasteiger charge is 2.16. The summed E-state index contributed by atoms with van der Waals surface area (Å²) in [5.74, 6) is 0. The van der Waals surface area contributed by atoms with Crippen molar-refractivity contribution >= 4 is 0 Å². The lowest BCUT2D eigenvalue weighted by molar-refractivity contribution is -0.00332. The highest BCUT2D eigenvalue weighted by atomic mass is 19.3. The Morgan fingerprint density at radius 2 is 1.93 bits per heavy atom. The lowest BCUT2D eigenvalue weighted by Gasteiger charge is -2.16. The summed E-state index contributed by atoms with van der Waals surface area (Å²) in [5, 5.41) is 11.6. The van der Waals surface area contributed by atoms with Crippen LogP contribution in [0.3, 0.4) is 0 Å². The summed E-state index contributed by atoms with van der Waals surface area (Å²) in [5.41, 5.74) is 0. The molecule has 14 heavy (non-hydrogen) atoms. The molecule has 1 atom stereocenters. The van der Waals surface area contributed by atoms with Crippen LogP contribution >= 0.6 is 0 Å². The van der Waals surface area contributed by atoms with Gasteiger partial charge in [0.1, 0.15) is 6.10 Å². The summed E-state index contributed by atoms with van der Waals surface area (Å²) in [6, 6.07) is 0. The van der Waals surface area contributed by atoms with Crippen molar-refractivity contribution in [3.8, 4) is 0 Å². The molecule has 1 fully saturated rings. The van der Waals surface area contributed by atoms with Crippen molar-refractivity contribution in [1.82, 2.24) is 10.2 Å². The molecule has 1 heterocycles. The van der Waals surface area contributed by atoms with Crippen molar-refractivity contribution < 1.29 is 13.9 Å². The first-order valence-electron chi connectivity index (χ1n) is 5.09. The number of alkyl halides is 2. The standard InChI is InChI=1S/C9H18F2N2O/c10-9(11)8(14)7-12-3-6-13-4-1-2-5-13/h8-9,12,14H,1-7H2. The molecule has 0 aromatic carbocycles. The Morgan fingerprint density at radius 1 is 1.29 bits per heavy atom. The van der Waals surface area contributed by atoms with E-state index in [9.17, 15) is 8.78 Å². The van der Waals surface area contributed by atoms with Gasteiger partial charge in [0.25, 0.3) is 6.43 Å². The molecule has 1 saturated heterocycles. The molecule has 0 saturated carbocycles. The van der Waals surface area contributed by atoms with Crippen molar-refractivity contribution in [2.75, 3.05) is 32.7 Å². The molecular formula is C9H18F2N2O. The zero-order chi connectivity index (χ0) is 10.4. The Morgan fingerprint density at radius 3 is 2.50 bits per heavy atom. The zero-order valence-corrected chi connectivity index (χ0v) is 8.25. The predicted octanol–water partition coefficient (Wildman–Crippen LogP) is 0.298. The Labute approximate surface area is 83.1 Å². The highest BCUT2D eigenvalue weighted by Crippen LogP contribution is 2.05. The molecule has 1 rings (SSSR count). The largest absolute Gasteiger partial charge is 0.386 e. The normalized spacial score (nSPS) is 20.6. The van der Waals surface area contributed by atoms with E-state index in [4.69, 9.17) is 5.11 Å². The molecule has 0 amide bonds. The Balaban J connectivity index is 1.93. The van der Waals surface area contributed by atoms with E-state index in [1.165, 1.54) is 12.8 Å². The van der Waals surface area contributed by atoms with Crippen LogP contribution in [0.15, 0.2) is 0 Å². The lowest BCUT2D eigenvalue weighted by Crippen LogP contribution is -2.36. The van der Waals surface area contributed by atoms with Gasteiger partial charge in [-0.3, -0.25) is 0 Å². The minimum Gasteiger partial charge on any atom is -0.386 e. The molecule has 0 spiro atoms. The number of aliphatic hydroxyl groups excluding tert-OH is 1. The number of nitrogens with zero attached hydrogens (tertiary/aromatic N) is 1. The summed E-state index contributed by atoms with van der Waals surface area (Å²) in [7, 11) is 0. The third-order valence-corrected chi connectivity index (χ3v) is 2.45. The molecule has 1 aliphatic rings. The van der Waals surface area contributed by atoms with Crippen molar-refractivity contribution in [1.29, 1.82) is 0 Å². The molecule has 5 heteroatoms. The third-order valence-electron chi connectivity index (χ3n) is 2.45. The Kier molecular flexibility index (Phi) is 5.29. The number of hydrogen-bond acceptors (Lipinski definition) is 3. The first-order chi connectivity index (χ1) is 6.70. The molecule has 1 unspecified atom stereocenters. The SMILES string of the molecule is OC(CNCCN1CCCC1)C(F)F. The third kappa shape index (κ3) is 4.30. The van der Waals surface area contributed by atoms with Gasteiger partial charge in [0.15, 0.2) is 0 Å². The van der Waals surface area contributed by atoms with E-state index in [-0.39, 0.29) is 6.54 Å². The van der Waals surface area contributed by atoms with Gasteiger partial charge in [0.05, 0.1) is 0 Å². The molecule has 0 bridgehead atoms. The highest BCUT2D eigenvalue weighted by molar-refractivity contribution is 4.68. The van der Waals surface area contributed by atoms with Gasteiger partial charge in [-0.05, 0) is 25.9 Å². The van der Waals surface area contributed by atoms with Gasteiger partial charge >= 0.3 is 0 Å². The average molecular weight is 208 g/mol. The molecule has 0 aliphatic carbocycles. The molecular weight excluding hydrogens is 190 g/mol. The molecule has 84 valence electrons. The molecule has 0 aromatic heterocycles. The second-order valence-corrected chi connectivity index (χ2v) is 3.65. The van der Waals surface area contributed by atoms with Crippen LogP contribution in [0.4, 0.5) is 8.78 Å². The van der Waals surface area contributed by atoms with Gasteiger partial charge in [-0.2, -0.15) is 0 Å². The fraction of sp³-hybridized carbons (Fsp3) is 1.00. The van der Waals surface area contributed by atoms with Crippen LogP contribution in [0.2, 0.25) is 0 Å². The molecule has 2 N–H and O–H groups in total. The van der Waals surface area contributed by atoms with Crippen molar-refractivity contribution in [2.24, 2.45) is 0 Å². The maximum atomic E-state index is 11.9. The van der Waals surface area contributed by atoms with E-state index >= 15 is 0 Å². The van der Waals surface area contributed by atoms with Gasteiger partial charge in [-0.1, -0.05) is 0 Å². The number of halogens is 2. The van der Waals surface area contributed by atoms with Crippen molar-refractivity contribution in [3.63, 3.8) is 0 Å². The Bertz CT molecular complexity index is 148. The number of likely N-dealkylation sites (tertiary alicyclic amines) is 1. The number of aliphatic hydroxyl groups is 1. The van der Waals surface area contributed by atoms with E-state index in [0.717, 1.165) is 19.6 Å². The summed E-state index contributed by atoms with van der Waals surface area (Å²) in [6.45, 7) is 3.75. The van der Waals surface area contributed by atoms with Crippen LogP contribution in [0.25, 0.3) is 0 Å². The fourth-order valence-corrected chi connectivity index (χ4v) is 1.58.